The van der Waals surface area contributed by atoms with Crippen LogP contribution in [0, 0.1) is 0 Å². The quantitative estimate of drug-likeness (QED) is 0.789. The van der Waals surface area contributed by atoms with Gasteiger partial charge in [0.05, 0.1) is 27.9 Å². The second-order valence-electron chi connectivity index (χ2n) is 2.82. The molecule has 0 aliphatic rings. The summed E-state index contributed by atoms with van der Waals surface area (Å²) in [7, 11) is 0. The van der Waals surface area contributed by atoms with Crippen LogP contribution in [0.1, 0.15) is 0 Å². The van der Waals surface area contributed by atoms with E-state index in [0.717, 1.165) is 10.2 Å². The van der Waals surface area contributed by atoms with Gasteiger partial charge in [-0.25, -0.2) is 0 Å². The molecule has 0 bridgehead atoms. The molecule has 1 aromatic carbocycles. The SMILES string of the molecule is OC[C@@H](O)CNc1cccc(Cl)c1Br. The van der Waals surface area contributed by atoms with Gasteiger partial charge in [-0.15, -0.1) is 0 Å². The topological polar surface area (TPSA) is 52.5 Å². The van der Waals surface area contributed by atoms with Crippen LogP contribution in [-0.2, 0) is 0 Å². The first-order valence-electron chi connectivity index (χ1n) is 4.12. The van der Waals surface area contributed by atoms with Crippen LogP contribution < -0.4 is 5.32 Å². The first-order chi connectivity index (χ1) is 6.65. The molecule has 0 spiro atoms. The number of aliphatic hydroxyl groups is 2. The highest BCUT2D eigenvalue weighted by Gasteiger charge is 2.05. The molecule has 0 aliphatic carbocycles. The van der Waals surface area contributed by atoms with E-state index in [9.17, 15) is 0 Å². The van der Waals surface area contributed by atoms with Crippen LogP contribution in [0.15, 0.2) is 22.7 Å². The van der Waals surface area contributed by atoms with Crippen molar-refractivity contribution in [3.05, 3.63) is 27.7 Å². The van der Waals surface area contributed by atoms with Gasteiger partial charge in [-0.2, -0.15) is 0 Å². The molecule has 3 N–H and O–H groups in total. The van der Waals surface area contributed by atoms with Gasteiger partial charge in [0.1, 0.15) is 0 Å². The van der Waals surface area contributed by atoms with E-state index in [-0.39, 0.29) is 13.2 Å². The second kappa shape index (κ2) is 5.56. The maximum absolute atomic E-state index is 9.12. The van der Waals surface area contributed by atoms with Gasteiger partial charge in [-0.05, 0) is 28.1 Å². The van der Waals surface area contributed by atoms with Crippen molar-refractivity contribution in [3.63, 3.8) is 0 Å². The number of hydrogen-bond acceptors (Lipinski definition) is 3. The summed E-state index contributed by atoms with van der Waals surface area (Å²) >= 11 is 9.18. The molecule has 1 aromatic rings. The number of benzene rings is 1. The molecule has 5 heteroatoms. The Hall–Kier alpha value is -0.290. The molecule has 0 radical (unpaired) electrons. The van der Waals surface area contributed by atoms with E-state index in [0.29, 0.717) is 5.02 Å². The zero-order valence-electron chi connectivity index (χ0n) is 7.37. The van der Waals surface area contributed by atoms with Crippen molar-refractivity contribution in [1.29, 1.82) is 0 Å². The Morgan fingerprint density at radius 3 is 2.86 bits per heavy atom. The van der Waals surface area contributed by atoms with Gasteiger partial charge in [-0.3, -0.25) is 0 Å². The number of nitrogens with one attached hydrogen (secondary N) is 1. The van der Waals surface area contributed by atoms with Crippen molar-refractivity contribution < 1.29 is 10.2 Å². The predicted octanol–water partition coefficient (Wildman–Crippen LogP) is 1.87. The summed E-state index contributed by atoms with van der Waals surface area (Å²) in [4.78, 5) is 0. The Morgan fingerprint density at radius 2 is 2.21 bits per heavy atom. The Balaban J connectivity index is 2.63. The summed E-state index contributed by atoms with van der Waals surface area (Å²) < 4.78 is 0.756. The fraction of sp³-hybridized carbons (Fsp3) is 0.333. The highest BCUT2D eigenvalue weighted by atomic mass is 79.9. The van der Waals surface area contributed by atoms with Gasteiger partial charge >= 0.3 is 0 Å². The summed E-state index contributed by atoms with van der Waals surface area (Å²) in [6.07, 6.45) is -0.763. The third-order valence-corrected chi connectivity index (χ3v) is 3.09. The average Bonchev–Trinajstić information content (AvgIpc) is 2.20. The predicted molar refractivity (Wildman–Crippen MR) is 60.7 cm³/mol. The van der Waals surface area contributed by atoms with E-state index >= 15 is 0 Å². The normalized spacial score (nSPS) is 12.6. The Kier molecular flexibility index (Phi) is 4.68. The molecular formula is C9H11BrClNO2. The van der Waals surface area contributed by atoms with Gasteiger partial charge in [0.15, 0.2) is 0 Å². The standard InChI is InChI=1S/C9H11BrClNO2/c10-9-7(11)2-1-3-8(9)12-4-6(14)5-13/h1-3,6,12-14H,4-5H2/t6-/m0/s1. The molecule has 1 atom stereocenters. The molecule has 0 amide bonds. The second-order valence-corrected chi connectivity index (χ2v) is 4.02. The maximum atomic E-state index is 9.12. The smallest absolute Gasteiger partial charge is 0.0942 e. The minimum Gasteiger partial charge on any atom is -0.394 e. The zero-order valence-corrected chi connectivity index (χ0v) is 9.72. The molecule has 14 heavy (non-hydrogen) atoms. The lowest BCUT2D eigenvalue weighted by molar-refractivity contribution is 0.105. The largest absolute Gasteiger partial charge is 0.394 e. The first-order valence-corrected chi connectivity index (χ1v) is 5.29. The van der Waals surface area contributed by atoms with Crippen LogP contribution in [-0.4, -0.2) is 29.5 Å². The third-order valence-electron chi connectivity index (χ3n) is 1.69. The Labute approximate surface area is 95.8 Å². The molecule has 0 heterocycles. The number of halogens is 2. The van der Waals surface area contributed by atoms with Gasteiger partial charge in [0, 0.05) is 6.54 Å². The lowest BCUT2D eigenvalue weighted by Crippen LogP contribution is -2.23. The molecule has 0 fully saturated rings. The molecule has 1 rings (SSSR count). The molecule has 0 saturated heterocycles. The number of anilines is 1. The van der Waals surface area contributed by atoms with Crippen molar-refractivity contribution in [2.75, 3.05) is 18.5 Å². The highest BCUT2D eigenvalue weighted by molar-refractivity contribution is 9.10. The van der Waals surface area contributed by atoms with Crippen molar-refractivity contribution in [3.8, 4) is 0 Å². The number of hydrogen-bond donors (Lipinski definition) is 3. The van der Waals surface area contributed by atoms with Crippen molar-refractivity contribution >= 4 is 33.2 Å². The Morgan fingerprint density at radius 1 is 1.50 bits per heavy atom. The lowest BCUT2D eigenvalue weighted by Gasteiger charge is -2.12. The summed E-state index contributed by atoms with van der Waals surface area (Å²) in [6, 6.07) is 5.40. The van der Waals surface area contributed by atoms with Crippen molar-refractivity contribution in [1.82, 2.24) is 0 Å². The molecule has 3 nitrogen and oxygen atoms in total. The first kappa shape index (κ1) is 11.8. The molecule has 0 aromatic heterocycles. The molecule has 0 aliphatic heterocycles. The van der Waals surface area contributed by atoms with Gasteiger partial charge < -0.3 is 15.5 Å². The Bertz CT molecular complexity index is 309. The van der Waals surface area contributed by atoms with Crippen LogP contribution in [0.3, 0.4) is 0 Å². The van der Waals surface area contributed by atoms with Crippen LogP contribution in [0.25, 0.3) is 0 Å². The van der Waals surface area contributed by atoms with Crippen molar-refractivity contribution in [2.24, 2.45) is 0 Å². The van der Waals surface area contributed by atoms with Gasteiger partial charge in [0.2, 0.25) is 0 Å². The summed E-state index contributed by atoms with van der Waals surface area (Å²) in [6.45, 7) is 0.0284. The average molecular weight is 281 g/mol. The van der Waals surface area contributed by atoms with Crippen LogP contribution in [0.2, 0.25) is 5.02 Å². The summed E-state index contributed by atoms with van der Waals surface area (Å²) in [5, 5.41) is 21.3. The number of aliphatic hydroxyl groups excluding tert-OH is 2. The maximum Gasteiger partial charge on any atom is 0.0942 e. The lowest BCUT2D eigenvalue weighted by atomic mass is 10.3. The summed E-state index contributed by atoms with van der Waals surface area (Å²) in [5.41, 5.74) is 0.796. The van der Waals surface area contributed by atoms with E-state index in [1.807, 2.05) is 6.07 Å². The fourth-order valence-corrected chi connectivity index (χ4v) is 1.51. The van der Waals surface area contributed by atoms with E-state index in [2.05, 4.69) is 21.2 Å². The third kappa shape index (κ3) is 3.13. The highest BCUT2D eigenvalue weighted by Crippen LogP contribution is 2.29. The molecular weight excluding hydrogens is 269 g/mol. The van der Waals surface area contributed by atoms with Crippen molar-refractivity contribution in [2.45, 2.75) is 6.10 Å². The van der Waals surface area contributed by atoms with E-state index in [1.165, 1.54) is 0 Å². The van der Waals surface area contributed by atoms with Gasteiger partial charge in [0.25, 0.3) is 0 Å². The van der Waals surface area contributed by atoms with E-state index in [1.54, 1.807) is 12.1 Å². The van der Waals surface area contributed by atoms with Crippen LogP contribution in [0.5, 0.6) is 0 Å². The summed E-state index contributed by atoms with van der Waals surface area (Å²) in [5.74, 6) is 0. The number of rotatable bonds is 4. The monoisotopic (exact) mass is 279 g/mol. The van der Waals surface area contributed by atoms with Crippen LogP contribution >= 0.6 is 27.5 Å². The van der Waals surface area contributed by atoms with Gasteiger partial charge in [-0.1, -0.05) is 17.7 Å². The van der Waals surface area contributed by atoms with E-state index in [4.69, 9.17) is 21.8 Å². The fourth-order valence-electron chi connectivity index (χ4n) is 0.933. The molecule has 0 saturated carbocycles. The molecule has 78 valence electrons. The zero-order chi connectivity index (χ0) is 10.6. The minimum absolute atomic E-state index is 0.259. The minimum atomic E-state index is -0.763. The molecule has 0 unspecified atom stereocenters. The van der Waals surface area contributed by atoms with E-state index < -0.39 is 6.10 Å². The van der Waals surface area contributed by atoms with Crippen LogP contribution in [0.4, 0.5) is 5.69 Å².